The summed E-state index contributed by atoms with van der Waals surface area (Å²) in [7, 11) is -3.41. The van der Waals surface area contributed by atoms with Crippen molar-refractivity contribution >= 4 is 15.9 Å². The maximum atomic E-state index is 12.1. The minimum Gasteiger partial charge on any atom is -0.353 e. The molecule has 0 radical (unpaired) electrons. The molecule has 24 heavy (non-hydrogen) atoms. The summed E-state index contributed by atoms with van der Waals surface area (Å²) in [4.78, 5) is 12.4. The maximum absolute atomic E-state index is 12.1. The molecule has 0 aliphatic heterocycles. The van der Waals surface area contributed by atoms with Crippen LogP contribution in [0.4, 0.5) is 0 Å². The second kappa shape index (κ2) is 9.18. The Bertz CT molecular complexity index is 618. The van der Waals surface area contributed by atoms with Crippen molar-refractivity contribution in [3.63, 3.8) is 0 Å². The van der Waals surface area contributed by atoms with Crippen LogP contribution in [0.1, 0.15) is 57.4 Å². The van der Waals surface area contributed by atoms with Gasteiger partial charge in [-0.15, -0.1) is 0 Å². The van der Waals surface area contributed by atoms with Gasteiger partial charge in [-0.2, -0.15) is 0 Å². The van der Waals surface area contributed by atoms with E-state index in [-0.39, 0.29) is 10.8 Å². The lowest BCUT2D eigenvalue weighted by Crippen LogP contribution is -2.34. The summed E-state index contributed by atoms with van der Waals surface area (Å²) in [6, 6.07) is 7.08. The zero-order valence-electron chi connectivity index (χ0n) is 14.4. The van der Waals surface area contributed by atoms with Gasteiger partial charge in [0.2, 0.25) is 15.9 Å². The summed E-state index contributed by atoms with van der Waals surface area (Å²) in [5.74, 6) is 0.0891. The SMILES string of the molecule is CCNS(=O)(=O)c1ccc(CCC(=O)NC2CCCCCC2)cc1. The predicted octanol–water partition coefficient (Wildman–Crippen LogP) is 2.76. The van der Waals surface area contributed by atoms with Crippen LogP contribution in [0.2, 0.25) is 0 Å². The van der Waals surface area contributed by atoms with E-state index in [4.69, 9.17) is 0 Å². The molecule has 134 valence electrons. The highest BCUT2D eigenvalue weighted by molar-refractivity contribution is 7.89. The van der Waals surface area contributed by atoms with Gasteiger partial charge in [-0.05, 0) is 37.0 Å². The highest BCUT2D eigenvalue weighted by Gasteiger charge is 2.15. The molecular formula is C18H28N2O3S. The normalized spacial score (nSPS) is 16.5. The van der Waals surface area contributed by atoms with Crippen molar-refractivity contribution < 1.29 is 13.2 Å². The zero-order valence-corrected chi connectivity index (χ0v) is 15.2. The molecule has 0 aromatic heterocycles. The molecule has 0 unspecified atom stereocenters. The molecule has 1 aliphatic carbocycles. The standard InChI is InChI=1S/C18H28N2O3S/c1-2-19-24(22,23)17-12-9-15(10-13-17)11-14-18(21)20-16-7-5-3-4-6-8-16/h9-10,12-13,16,19H,2-8,11,14H2,1H3,(H,20,21). The molecule has 1 aromatic carbocycles. The molecule has 1 aromatic rings. The van der Waals surface area contributed by atoms with Gasteiger partial charge in [0.25, 0.3) is 0 Å². The third kappa shape index (κ3) is 5.91. The smallest absolute Gasteiger partial charge is 0.240 e. The fraction of sp³-hybridized carbons (Fsp3) is 0.611. The predicted molar refractivity (Wildman–Crippen MR) is 95.3 cm³/mol. The molecule has 0 saturated heterocycles. The van der Waals surface area contributed by atoms with Gasteiger partial charge in [-0.1, -0.05) is 44.7 Å². The molecular weight excluding hydrogens is 324 g/mol. The van der Waals surface area contributed by atoms with Crippen LogP contribution in [0.5, 0.6) is 0 Å². The Hall–Kier alpha value is -1.40. The minimum atomic E-state index is -3.41. The third-order valence-corrected chi connectivity index (χ3v) is 5.99. The number of rotatable bonds is 7. The molecule has 0 spiro atoms. The van der Waals surface area contributed by atoms with E-state index in [1.165, 1.54) is 25.7 Å². The molecule has 2 rings (SSSR count). The van der Waals surface area contributed by atoms with E-state index in [1.807, 2.05) is 0 Å². The lowest BCUT2D eigenvalue weighted by atomic mass is 10.1. The number of hydrogen-bond donors (Lipinski definition) is 2. The van der Waals surface area contributed by atoms with Crippen molar-refractivity contribution in [2.45, 2.75) is 69.2 Å². The summed E-state index contributed by atoms with van der Waals surface area (Å²) >= 11 is 0. The first kappa shape index (κ1) is 18.9. The number of hydrogen-bond acceptors (Lipinski definition) is 3. The van der Waals surface area contributed by atoms with E-state index in [0.29, 0.717) is 25.4 Å². The van der Waals surface area contributed by atoms with E-state index in [1.54, 1.807) is 31.2 Å². The first-order valence-corrected chi connectivity index (χ1v) is 10.4. The van der Waals surface area contributed by atoms with E-state index in [0.717, 1.165) is 18.4 Å². The first-order valence-electron chi connectivity index (χ1n) is 8.89. The molecule has 1 aliphatic rings. The number of nitrogens with one attached hydrogen (secondary N) is 2. The number of carbonyl (C=O) groups excluding carboxylic acids is 1. The molecule has 5 nitrogen and oxygen atoms in total. The summed E-state index contributed by atoms with van der Waals surface area (Å²) in [5, 5.41) is 3.14. The van der Waals surface area contributed by atoms with Crippen LogP contribution in [-0.2, 0) is 21.2 Å². The molecule has 2 N–H and O–H groups in total. The third-order valence-electron chi connectivity index (χ3n) is 4.43. The highest BCUT2D eigenvalue weighted by atomic mass is 32.2. The largest absolute Gasteiger partial charge is 0.353 e. The second-order valence-electron chi connectivity index (χ2n) is 6.40. The monoisotopic (exact) mass is 352 g/mol. The van der Waals surface area contributed by atoms with Gasteiger partial charge < -0.3 is 5.32 Å². The van der Waals surface area contributed by atoms with Crippen LogP contribution in [0.15, 0.2) is 29.2 Å². The number of carbonyl (C=O) groups is 1. The van der Waals surface area contributed by atoms with Crippen LogP contribution in [0, 0.1) is 0 Å². The summed E-state index contributed by atoms with van der Waals surface area (Å²) in [6.07, 6.45) is 8.18. The zero-order chi connectivity index (χ0) is 17.4. The van der Waals surface area contributed by atoms with Crippen LogP contribution < -0.4 is 10.0 Å². The molecule has 0 atom stereocenters. The summed E-state index contributed by atoms with van der Waals surface area (Å²) in [5.41, 5.74) is 0.974. The highest BCUT2D eigenvalue weighted by Crippen LogP contribution is 2.17. The maximum Gasteiger partial charge on any atom is 0.240 e. The van der Waals surface area contributed by atoms with Crippen LogP contribution in [0.3, 0.4) is 0 Å². The van der Waals surface area contributed by atoms with Gasteiger partial charge in [0, 0.05) is 19.0 Å². The lowest BCUT2D eigenvalue weighted by Gasteiger charge is -2.16. The Kier molecular flexibility index (Phi) is 7.24. The van der Waals surface area contributed by atoms with Gasteiger partial charge in [0.1, 0.15) is 0 Å². The van der Waals surface area contributed by atoms with Crippen molar-refractivity contribution in [3.8, 4) is 0 Å². The van der Waals surface area contributed by atoms with Crippen molar-refractivity contribution in [1.29, 1.82) is 0 Å². The Morgan fingerprint density at radius 1 is 1.08 bits per heavy atom. The number of sulfonamides is 1. The first-order chi connectivity index (χ1) is 11.5. The van der Waals surface area contributed by atoms with Crippen molar-refractivity contribution in [2.24, 2.45) is 0 Å². The Morgan fingerprint density at radius 3 is 2.29 bits per heavy atom. The van der Waals surface area contributed by atoms with Crippen molar-refractivity contribution in [2.75, 3.05) is 6.54 Å². The number of amides is 1. The quantitative estimate of drug-likeness (QED) is 0.741. The van der Waals surface area contributed by atoms with Gasteiger partial charge in [0.15, 0.2) is 0 Å². The summed E-state index contributed by atoms with van der Waals surface area (Å²) < 4.78 is 26.2. The molecule has 1 fully saturated rings. The lowest BCUT2D eigenvalue weighted by molar-refractivity contribution is -0.121. The van der Waals surface area contributed by atoms with Gasteiger partial charge in [0.05, 0.1) is 4.90 Å². The Labute approximate surface area is 145 Å². The number of aryl methyl sites for hydroxylation is 1. The van der Waals surface area contributed by atoms with Gasteiger partial charge in [-0.3, -0.25) is 4.79 Å². The fourth-order valence-electron chi connectivity index (χ4n) is 3.09. The van der Waals surface area contributed by atoms with Gasteiger partial charge in [-0.25, -0.2) is 13.1 Å². The van der Waals surface area contributed by atoms with E-state index >= 15 is 0 Å². The average molecular weight is 353 g/mol. The van der Waals surface area contributed by atoms with E-state index in [2.05, 4.69) is 10.0 Å². The Balaban J connectivity index is 1.82. The summed E-state index contributed by atoms with van der Waals surface area (Å²) in [6.45, 7) is 2.12. The van der Waals surface area contributed by atoms with Crippen LogP contribution >= 0.6 is 0 Å². The van der Waals surface area contributed by atoms with Crippen molar-refractivity contribution in [1.82, 2.24) is 10.0 Å². The second-order valence-corrected chi connectivity index (χ2v) is 8.17. The minimum absolute atomic E-state index is 0.0891. The van der Waals surface area contributed by atoms with E-state index < -0.39 is 10.0 Å². The van der Waals surface area contributed by atoms with Crippen LogP contribution in [-0.4, -0.2) is 26.9 Å². The molecule has 0 bridgehead atoms. The molecule has 6 heteroatoms. The topological polar surface area (TPSA) is 75.3 Å². The van der Waals surface area contributed by atoms with Crippen LogP contribution in [0.25, 0.3) is 0 Å². The average Bonchev–Trinajstić information content (AvgIpc) is 2.82. The number of benzene rings is 1. The van der Waals surface area contributed by atoms with Crippen molar-refractivity contribution in [3.05, 3.63) is 29.8 Å². The van der Waals surface area contributed by atoms with Gasteiger partial charge >= 0.3 is 0 Å². The molecule has 0 heterocycles. The molecule has 1 saturated carbocycles. The Morgan fingerprint density at radius 2 is 1.71 bits per heavy atom. The van der Waals surface area contributed by atoms with E-state index in [9.17, 15) is 13.2 Å². The molecule has 1 amide bonds. The fourth-order valence-corrected chi connectivity index (χ4v) is 4.13.